The molecule has 0 unspecified atom stereocenters. The van der Waals surface area contributed by atoms with E-state index in [-0.39, 0.29) is 6.03 Å². The summed E-state index contributed by atoms with van der Waals surface area (Å²) in [6.45, 7) is 3.66. The van der Waals surface area contributed by atoms with E-state index in [1.807, 2.05) is 24.3 Å². The third kappa shape index (κ3) is 4.24. The average Bonchev–Trinajstić information content (AvgIpc) is 2.69. The summed E-state index contributed by atoms with van der Waals surface area (Å²) in [5.74, 6) is 0.271. The molecular formula is C20H27N3O4. The van der Waals surface area contributed by atoms with Gasteiger partial charge >= 0.3 is 12.0 Å². The molecule has 0 spiro atoms. The van der Waals surface area contributed by atoms with Gasteiger partial charge in [0, 0.05) is 18.3 Å². The summed E-state index contributed by atoms with van der Waals surface area (Å²) in [7, 11) is 2.96. The second-order valence-corrected chi connectivity index (χ2v) is 7.00. The lowest BCUT2D eigenvalue weighted by Gasteiger charge is -2.36. The number of likely N-dealkylation sites (tertiary alicyclic amines) is 1. The summed E-state index contributed by atoms with van der Waals surface area (Å²) >= 11 is 0. The number of methoxy groups -OCH3 is 2. The molecule has 7 heteroatoms. The van der Waals surface area contributed by atoms with Crippen molar-refractivity contribution in [1.82, 2.24) is 15.5 Å². The Morgan fingerprint density at radius 2 is 1.96 bits per heavy atom. The summed E-state index contributed by atoms with van der Waals surface area (Å²) in [4.78, 5) is 27.2. The zero-order chi connectivity index (χ0) is 19.4. The fraction of sp³-hybridized carbons (Fsp3) is 0.500. The summed E-state index contributed by atoms with van der Waals surface area (Å²) < 4.78 is 10.2. The quantitative estimate of drug-likeness (QED) is 0.775. The van der Waals surface area contributed by atoms with Crippen LogP contribution in [0.5, 0.6) is 5.75 Å². The topological polar surface area (TPSA) is 79.9 Å². The van der Waals surface area contributed by atoms with Crippen LogP contribution < -0.4 is 15.4 Å². The molecule has 1 aromatic carbocycles. The van der Waals surface area contributed by atoms with Gasteiger partial charge in [-0.1, -0.05) is 18.6 Å². The lowest BCUT2D eigenvalue weighted by molar-refractivity contribution is -0.136. The van der Waals surface area contributed by atoms with Crippen LogP contribution in [0.15, 0.2) is 35.5 Å². The van der Waals surface area contributed by atoms with E-state index >= 15 is 0 Å². The monoisotopic (exact) mass is 373 g/mol. The van der Waals surface area contributed by atoms with Crippen molar-refractivity contribution in [3.05, 3.63) is 41.1 Å². The van der Waals surface area contributed by atoms with Gasteiger partial charge in [0.05, 0.1) is 25.8 Å². The number of urea groups is 1. The zero-order valence-corrected chi connectivity index (χ0v) is 16.1. The summed E-state index contributed by atoms with van der Waals surface area (Å²) in [6, 6.07) is 6.85. The van der Waals surface area contributed by atoms with Crippen molar-refractivity contribution in [2.24, 2.45) is 0 Å². The van der Waals surface area contributed by atoms with Crippen LogP contribution in [0.1, 0.15) is 37.8 Å². The van der Waals surface area contributed by atoms with Crippen LogP contribution in [0.3, 0.4) is 0 Å². The van der Waals surface area contributed by atoms with Crippen molar-refractivity contribution < 1.29 is 19.1 Å². The molecule has 0 aromatic heterocycles. The van der Waals surface area contributed by atoms with Crippen LogP contribution in [0.25, 0.3) is 0 Å². The molecule has 2 amide bonds. The van der Waals surface area contributed by atoms with E-state index in [4.69, 9.17) is 9.47 Å². The zero-order valence-electron chi connectivity index (χ0n) is 16.1. The molecule has 1 saturated heterocycles. The molecule has 1 fully saturated rings. The Hall–Kier alpha value is -2.54. The standard InChI is InChI=1S/C20H27N3O4/c1-13-6-4-5-11-23(13)12-16-17(19(24)27-3)18(22-20(25)21-16)14-7-9-15(26-2)10-8-14/h7-10,13,18H,4-6,11-12H2,1-3H3,(H2,21,22,25)/t13-,18-/m1/s1. The Balaban J connectivity index is 1.97. The van der Waals surface area contributed by atoms with Crippen LogP contribution >= 0.6 is 0 Å². The Kier molecular flexibility index (Phi) is 6.01. The number of carbonyl (C=O) groups is 2. The van der Waals surface area contributed by atoms with Crippen LogP contribution in [0, 0.1) is 0 Å². The van der Waals surface area contributed by atoms with Gasteiger partial charge in [-0.2, -0.15) is 0 Å². The first-order valence-corrected chi connectivity index (χ1v) is 9.30. The minimum atomic E-state index is -0.563. The number of esters is 1. The number of hydrogen-bond donors (Lipinski definition) is 2. The van der Waals surface area contributed by atoms with Gasteiger partial charge in [0.2, 0.25) is 0 Å². The van der Waals surface area contributed by atoms with Crippen molar-refractivity contribution in [3.8, 4) is 5.75 Å². The molecule has 0 aliphatic carbocycles. The normalized spacial score (nSPS) is 23.4. The van der Waals surface area contributed by atoms with E-state index in [9.17, 15) is 9.59 Å². The highest BCUT2D eigenvalue weighted by molar-refractivity contribution is 5.95. The molecule has 0 bridgehead atoms. The maximum absolute atomic E-state index is 12.6. The first-order valence-electron chi connectivity index (χ1n) is 9.30. The fourth-order valence-corrected chi connectivity index (χ4v) is 3.74. The average molecular weight is 373 g/mol. The maximum atomic E-state index is 12.6. The van der Waals surface area contributed by atoms with Gasteiger partial charge in [-0.05, 0) is 44.0 Å². The number of hydrogen-bond acceptors (Lipinski definition) is 5. The highest BCUT2D eigenvalue weighted by Crippen LogP contribution is 2.30. The van der Waals surface area contributed by atoms with Gasteiger partial charge in [-0.15, -0.1) is 0 Å². The van der Waals surface area contributed by atoms with E-state index in [1.165, 1.54) is 13.5 Å². The molecule has 2 N–H and O–H groups in total. The number of benzene rings is 1. The Morgan fingerprint density at radius 1 is 1.22 bits per heavy atom. The fourth-order valence-electron chi connectivity index (χ4n) is 3.74. The van der Waals surface area contributed by atoms with Crippen LogP contribution in [-0.2, 0) is 9.53 Å². The molecule has 1 aromatic rings. The van der Waals surface area contributed by atoms with Gasteiger partial charge < -0.3 is 20.1 Å². The predicted octanol–water partition coefficient (Wildman–Crippen LogP) is 2.35. The molecule has 0 saturated carbocycles. The molecule has 27 heavy (non-hydrogen) atoms. The molecule has 3 rings (SSSR count). The second-order valence-electron chi connectivity index (χ2n) is 7.00. The minimum absolute atomic E-state index is 0.317. The van der Waals surface area contributed by atoms with Crippen molar-refractivity contribution in [2.45, 2.75) is 38.3 Å². The van der Waals surface area contributed by atoms with Crippen LogP contribution in [-0.4, -0.2) is 50.3 Å². The Morgan fingerprint density at radius 3 is 2.59 bits per heavy atom. The van der Waals surface area contributed by atoms with Crippen molar-refractivity contribution in [3.63, 3.8) is 0 Å². The van der Waals surface area contributed by atoms with Gasteiger partial charge in [-0.3, -0.25) is 4.90 Å². The molecule has 2 aliphatic heterocycles. The first-order chi connectivity index (χ1) is 13.0. The van der Waals surface area contributed by atoms with Crippen LogP contribution in [0.4, 0.5) is 4.79 Å². The highest BCUT2D eigenvalue weighted by Gasteiger charge is 2.34. The van der Waals surface area contributed by atoms with E-state index in [2.05, 4.69) is 22.5 Å². The van der Waals surface area contributed by atoms with Crippen molar-refractivity contribution >= 4 is 12.0 Å². The highest BCUT2D eigenvalue weighted by atomic mass is 16.5. The van der Waals surface area contributed by atoms with Gasteiger partial charge in [0.1, 0.15) is 5.75 Å². The lowest BCUT2D eigenvalue weighted by atomic mass is 9.94. The van der Waals surface area contributed by atoms with Crippen LogP contribution in [0.2, 0.25) is 0 Å². The molecule has 2 atom stereocenters. The van der Waals surface area contributed by atoms with Gasteiger partial charge in [0.15, 0.2) is 0 Å². The molecular weight excluding hydrogens is 346 g/mol. The SMILES string of the molecule is COC(=O)C1=C(CN2CCCC[C@H]2C)NC(=O)N[C@@H]1c1ccc(OC)cc1. The summed E-state index contributed by atoms with van der Waals surface area (Å²) in [5, 5.41) is 5.68. The third-order valence-electron chi connectivity index (χ3n) is 5.31. The number of amides is 2. The minimum Gasteiger partial charge on any atom is -0.497 e. The van der Waals surface area contributed by atoms with Crippen molar-refractivity contribution in [2.75, 3.05) is 27.3 Å². The third-order valence-corrected chi connectivity index (χ3v) is 5.31. The summed E-state index contributed by atoms with van der Waals surface area (Å²) in [6.07, 6.45) is 3.46. The van der Waals surface area contributed by atoms with E-state index in [0.29, 0.717) is 29.6 Å². The molecule has 146 valence electrons. The lowest BCUT2D eigenvalue weighted by Crippen LogP contribution is -2.50. The van der Waals surface area contributed by atoms with E-state index in [0.717, 1.165) is 24.9 Å². The predicted molar refractivity (Wildman–Crippen MR) is 101 cm³/mol. The summed E-state index contributed by atoms with van der Waals surface area (Å²) in [5.41, 5.74) is 1.86. The van der Waals surface area contributed by atoms with Gasteiger partial charge in [0.25, 0.3) is 0 Å². The van der Waals surface area contributed by atoms with Crippen molar-refractivity contribution in [1.29, 1.82) is 0 Å². The first kappa shape index (κ1) is 19.2. The molecule has 0 radical (unpaired) electrons. The molecule has 2 aliphatic rings. The Bertz CT molecular complexity index is 729. The molecule has 7 nitrogen and oxygen atoms in total. The maximum Gasteiger partial charge on any atom is 0.338 e. The number of rotatable bonds is 5. The Labute approximate surface area is 159 Å². The smallest absolute Gasteiger partial charge is 0.338 e. The largest absolute Gasteiger partial charge is 0.497 e. The second kappa shape index (κ2) is 8.43. The number of piperidine rings is 1. The number of carbonyl (C=O) groups excluding carboxylic acids is 2. The number of nitrogens with zero attached hydrogens (tertiary/aromatic N) is 1. The van der Waals surface area contributed by atoms with Gasteiger partial charge in [-0.25, -0.2) is 9.59 Å². The number of nitrogens with one attached hydrogen (secondary N) is 2. The molecule has 2 heterocycles. The van der Waals surface area contributed by atoms with E-state index < -0.39 is 12.0 Å². The van der Waals surface area contributed by atoms with E-state index in [1.54, 1.807) is 7.11 Å². The number of ether oxygens (including phenoxy) is 2.